The third-order valence-electron chi connectivity index (χ3n) is 2.96. The molecule has 2 nitrogen and oxygen atoms in total. The summed E-state index contributed by atoms with van der Waals surface area (Å²) < 4.78 is 51.0. The van der Waals surface area contributed by atoms with Crippen molar-refractivity contribution in [3.8, 4) is 0 Å². The smallest absolute Gasteiger partial charge is 0.322 e. The van der Waals surface area contributed by atoms with Gasteiger partial charge in [0.05, 0.1) is 5.56 Å². The molecule has 0 radical (unpaired) electrons. The second kappa shape index (κ2) is 5.96. The third kappa shape index (κ3) is 3.57. The molecule has 0 aliphatic heterocycles. The van der Waals surface area contributed by atoms with Gasteiger partial charge in [-0.25, -0.2) is 4.39 Å². The fraction of sp³-hybridized carbons (Fsp3) is 0.133. The molecule has 0 unspecified atom stereocenters. The second-order valence-electron chi connectivity index (χ2n) is 4.61. The van der Waals surface area contributed by atoms with E-state index in [1.807, 2.05) is 0 Å². The van der Waals surface area contributed by atoms with Crippen molar-refractivity contribution in [2.75, 3.05) is 5.32 Å². The van der Waals surface area contributed by atoms with Crippen molar-refractivity contribution in [1.29, 1.82) is 0 Å². The monoisotopic (exact) mass is 331 g/mol. The third-order valence-corrected chi connectivity index (χ3v) is 3.37. The van der Waals surface area contributed by atoms with Crippen LogP contribution in [0.4, 0.5) is 23.2 Å². The standard InChI is InChI=1S/C15H10ClF4NO/c1-8-2-3-9(6-12(8)16)14(22)21-10-4-5-13(17)11(7-10)15(18,19)20/h2-7H,1H3,(H,21,22). The normalized spacial score (nSPS) is 11.4. The van der Waals surface area contributed by atoms with Gasteiger partial charge in [-0.3, -0.25) is 4.79 Å². The average molecular weight is 332 g/mol. The number of alkyl halides is 3. The van der Waals surface area contributed by atoms with Crippen LogP contribution in [-0.2, 0) is 6.18 Å². The molecule has 2 aromatic rings. The van der Waals surface area contributed by atoms with Gasteiger partial charge in [-0.05, 0) is 42.8 Å². The molecule has 22 heavy (non-hydrogen) atoms. The first-order valence-electron chi connectivity index (χ1n) is 6.13. The quantitative estimate of drug-likeness (QED) is 0.766. The number of benzene rings is 2. The van der Waals surface area contributed by atoms with Gasteiger partial charge in [0.15, 0.2) is 0 Å². The molecule has 0 fully saturated rings. The lowest BCUT2D eigenvalue weighted by molar-refractivity contribution is -0.139. The SMILES string of the molecule is Cc1ccc(C(=O)Nc2ccc(F)c(C(F)(F)F)c2)cc1Cl. The molecule has 0 aromatic heterocycles. The van der Waals surface area contributed by atoms with Crippen LogP contribution in [0, 0.1) is 12.7 Å². The zero-order chi connectivity index (χ0) is 16.5. The highest BCUT2D eigenvalue weighted by atomic mass is 35.5. The largest absolute Gasteiger partial charge is 0.419 e. The fourth-order valence-corrected chi connectivity index (χ4v) is 1.94. The Bertz CT molecular complexity index is 728. The maximum absolute atomic E-state index is 13.2. The van der Waals surface area contributed by atoms with Crippen molar-refractivity contribution in [2.45, 2.75) is 13.1 Å². The van der Waals surface area contributed by atoms with E-state index in [0.29, 0.717) is 17.2 Å². The van der Waals surface area contributed by atoms with Gasteiger partial charge in [-0.1, -0.05) is 17.7 Å². The van der Waals surface area contributed by atoms with E-state index in [9.17, 15) is 22.4 Å². The van der Waals surface area contributed by atoms with Crippen molar-refractivity contribution in [3.05, 3.63) is 63.9 Å². The Morgan fingerprint density at radius 3 is 2.41 bits per heavy atom. The Balaban J connectivity index is 2.27. The fourth-order valence-electron chi connectivity index (χ4n) is 1.76. The van der Waals surface area contributed by atoms with Gasteiger partial charge in [0, 0.05) is 16.3 Å². The first kappa shape index (κ1) is 16.3. The van der Waals surface area contributed by atoms with Crippen LogP contribution in [-0.4, -0.2) is 5.91 Å². The Kier molecular flexibility index (Phi) is 4.42. The summed E-state index contributed by atoms with van der Waals surface area (Å²) >= 11 is 5.89. The van der Waals surface area contributed by atoms with Crippen LogP contribution in [0.25, 0.3) is 0 Å². The topological polar surface area (TPSA) is 29.1 Å². The molecule has 0 atom stereocenters. The Morgan fingerprint density at radius 1 is 1.14 bits per heavy atom. The van der Waals surface area contributed by atoms with Crippen LogP contribution >= 0.6 is 11.6 Å². The number of carbonyl (C=O) groups excluding carboxylic acids is 1. The zero-order valence-corrected chi connectivity index (χ0v) is 12.0. The lowest BCUT2D eigenvalue weighted by Crippen LogP contribution is -2.14. The molecule has 1 N–H and O–H groups in total. The van der Waals surface area contributed by atoms with Crippen LogP contribution in [0.15, 0.2) is 36.4 Å². The molecular formula is C15H10ClF4NO. The maximum atomic E-state index is 13.2. The minimum atomic E-state index is -4.84. The summed E-state index contributed by atoms with van der Waals surface area (Å²) in [7, 11) is 0. The van der Waals surface area contributed by atoms with E-state index in [-0.39, 0.29) is 11.3 Å². The molecule has 7 heteroatoms. The van der Waals surface area contributed by atoms with E-state index >= 15 is 0 Å². The number of aryl methyl sites for hydroxylation is 1. The van der Waals surface area contributed by atoms with Gasteiger partial charge in [0.25, 0.3) is 5.91 Å². The van der Waals surface area contributed by atoms with E-state index in [0.717, 1.165) is 11.6 Å². The summed E-state index contributed by atoms with van der Waals surface area (Å²) in [6.07, 6.45) is -4.84. The van der Waals surface area contributed by atoms with Gasteiger partial charge >= 0.3 is 6.18 Å². The summed E-state index contributed by atoms with van der Waals surface area (Å²) in [6.45, 7) is 1.75. The van der Waals surface area contributed by atoms with E-state index in [4.69, 9.17) is 11.6 Å². The van der Waals surface area contributed by atoms with E-state index in [1.54, 1.807) is 13.0 Å². The summed E-state index contributed by atoms with van der Waals surface area (Å²) in [5, 5.41) is 2.64. The Labute approximate surface area is 128 Å². The molecule has 2 aromatic carbocycles. The molecule has 1 amide bonds. The van der Waals surface area contributed by atoms with Crippen molar-refractivity contribution < 1.29 is 22.4 Å². The van der Waals surface area contributed by atoms with Crippen LogP contribution < -0.4 is 5.32 Å². The van der Waals surface area contributed by atoms with Gasteiger partial charge in [0.2, 0.25) is 0 Å². The van der Waals surface area contributed by atoms with Gasteiger partial charge in [-0.2, -0.15) is 13.2 Å². The molecule has 0 bridgehead atoms. The highest BCUT2D eigenvalue weighted by Gasteiger charge is 2.34. The molecule has 0 saturated heterocycles. The molecule has 0 saturated carbocycles. The van der Waals surface area contributed by atoms with Crippen LogP contribution in [0.3, 0.4) is 0 Å². The zero-order valence-electron chi connectivity index (χ0n) is 11.3. The number of rotatable bonds is 2. The summed E-state index contributed by atoms with van der Waals surface area (Å²) in [6, 6.07) is 6.76. The first-order chi connectivity index (χ1) is 10.2. The summed E-state index contributed by atoms with van der Waals surface area (Å²) in [5.74, 6) is -2.04. The van der Waals surface area contributed by atoms with Gasteiger partial charge in [0.1, 0.15) is 5.82 Å². The number of hydrogen-bond donors (Lipinski definition) is 1. The number of halogens is 5. The second-order valence-corrected chi connectivity index (χ2v) is 5.02. The summed E-state index contributed by atoms with van der Waals surface area (Å²) in [5.41, 5.74) is -0.643. The number of hydrogen-bond acceptors (Lipinski definition) is 1. The van der Waals surface area contributed by atoms with E-state index < -0.39 is 23.5 Å². The first-order valence-corrected chi connectivity index (χ1v) is 6.50. The van der Waals surface area contributed by atoms with Gasteiger partial charge in [-0.15, -0.1) is 0 Å². The van der Waals surface area contributed by atoms with Crippen LogP contribution in [0.2, 0.25) is 5.02 Å². The molecule has 0 heterocycles. The minimum absolute atomic E-state index is 0.157. The Morgan fingerprint density at radius 2 is 1.82 bits per heavy atom. The molecule has 0 aliphatic rings. The highest BCUT2D eigenvalue weighted by Crippen LogP contribution is 2.33. The molecule has 0 aliphatic carbocycles. The van der Waals surface area contributed by atoms with E-state index in [1.165, 1.54) is 12.1 Å². The predicted molar refractivity (Wildman–Crippen MR) is 75.5 cm³/mol. The lowest BCUT2D eigenvalue weighted by Gasteiger charge is -2.11. The summed E-state index contributed by atoms with van der Waals surface area (Å²) in [4.78, 5) is 12.0. The maximum Gasteiger partial charge on any atom is 0.419 e. The molecule has 116 valence electrons. The Hall–Kier alpha value is -2.08. The van der Waals surface area contributed by atoms with Crippen molar-refractivity contribution in [3.63, 3.8) is 0 Å². The predicted octanol–water partition coefficient (Wildman–Crippen LogP) is 5.06. The lowest BCUT2D eigenvalue weighted by atomic mass is 10.1. The minimum Gasteiger partial charge on any atom is -0.322 e. The van der Waals surface area contributed by atoms with Crippen LogP contribution in [0.1, 0.15) is 21.5 Å². The number of anilines is 1. The van der Waals surface area contributed by atoms with Crippen molar-refractivity contribution >= 4 is 23.2 Å². The van der Waals surface area contributed by atoms with Crippen molar-refractivity contribution in [1.82, 2.24) is 0 Å². The molecular weight excluding hydrogens is 322 g/mol. The number of nitrogens with one attached hydrogen (secondary N) is 1. The number of carbonyl (C=O) groups is 1. The van der Waals surface area contributed by atoms with E-state index in [2.05, 4.69) is 5.32 Å². The number of amides is 1. The van der Waals surface area contributed by atoms with Gasteiger partial charge < -0.3 is 5.32 Å². The molecule has 0 spiro atoms. The van der Waals surface area contributed by atoms with Crippen molar-refractivity contribution in [2.24, 2.45) is 0 Å². The average Bonchev–Trinajstić information content (AvgIpc) is 2.42. The highest BCUT2D eigenvalue weighted by molar-refractivity contribution is 6.31. The molecule has 2 rings (SSSR count). The van der Waals surface area contributed by atoms with Crippen LogP contribution in [0.5, 0.6) is 0 Å².